The predicted molar refractivity (Wildman–Crippen MR) is 73.5 cm³/mol. The van der Waals surface area contributed by atoms with Gasteiger partial charge in [0.2, 0.25) is 5.91 Å². The Morgan fingerprint density at radius 2 is 2.16 bits per heavy atom. The number of carbonyl (C=O) groups is 1. The second kappa shape index (κ2) is 7.12. The largest absolute Gasteiger partial charge is 0.494 e. The third-order valence-corrected chi connectivity index (χ3v) is 3.16. The minimum Gasteiger partial charge on any atom is -0.494 e. The summed E-state index contributed by atoms with van der Waals surface area (Å²) < 4.78 is 18.4. The molecule has 0 radical (unpaired) electrons. The summed E-state index contributed by atoms with van der Waals surface area (Å²) in [7, 11) is 3.18. The molecule has 0 saturated heterocycles. The van der Waals surface area contributed by atoms with E-state index in [-0.39, 0.29) is 17.6 Å². The summed E-state index contributed by atoms with van der Waals surface area (Å²) in [6.45, 7) is 4.40. The number of rotatable bonds is 6. The molecule has 0 spiro atoms. The summed E-state index contributed by atoms with van der Waals surface area (Å²) in [6, 6.07) is 4.77. The van der Waals surface area contributed by atoms with Gasteiger partial charge in [-0.2, -0.15) is 0 Å². The molecule has 0 aromatic heterocycles. The average molecular weight is 267 g/mol. The summed E-state index contributed by atoms with van der Waals surface area (Å²) in [5, 5.41) is 0. The molecule has 3 nitrogen and oxygen atoms in total. The van der Waals surface area contributed by atoms with Gasteiger partial charge in [0.25, 0.3) is 0 Å². The molecule has 1 amide bonds. The van der Waals surface area contributed by atoms with E-state index in [9.17, 15) is 9.18 Å². The Morgan fingerprint density at radius 1 is 1.47 bits per heavy atom. The monoisotopic (exact) mass is 267 g/mol. The van der Waals surface area contributed by atoms with E-state index in [1.807, 2.05) is 6.92 Å². The molecule has 1 atom stereocenters. The first-order valence-electron chi connectivity index (χ1n) is 6.57. The van der Waals surface area contributed by atoms with Gasteiger partial charge in [-0.25, -0.2) is 4.39 Å². The molecule has 1 rings (SSSR count). The molecule has 106 valence electrons. The summed E-state index contributed by atoms with van der Waals surface area (Å²) in [4.78, 5) is 13.7. The zero-order valence-corrected chi connectivity index (χ0v) is 12.1. The van der Waals surface area contributed by atoms with Crippen molar-refractivity contribution in [2.45, 2.75) is 33.2 Å². The fraction of sp³-hybridized carbons (Fsp3) is 0.533. The van der Waals surface area contributed by atoms with Crippen molar-refractivity contribution >= 4 is 5.91 Å². The Labute approximate surface area is 114 Å². The van der Waals surface area contributed by atoms with Gasteiger partial charge in [-0.05, 0) is 24.1 Å². The maximum absolute atomic E-state index is 13.6. The van der Waals surface area contributed by atoms with Crippen LogP contribution in [-0.4, -0.2) is 25.0 Å². The fourth-order valence-electron chi connectivity index (χ4n) is 2.09. The molecule has 1 aromatic carbocycles. The van der Waals surface area contributed by atoms with E-state index in [0.29, 0.717) is 6.54 Å². The predicted octanol–water partition coefficient (Wildman–Crippen LogP) is 3.23. The lowest BCUT2D eigenvalue weighted by molar-refractivity contribution is -0.134. The molecule has 1 unspecified atom stereocenters. The van der Waals surface area contributed by atoms with Crippen LogP contribution in [0.25, 0.3) is 0 Å². The summed E-state index contributed by atoms with van der Waals surface area (Å²) in [5.74, 6) is -0.0734. The van der Waals surface area contributed by atoms with Crippen LogP contribution in [0.4, 0.5) is 4.39 Å². The molecule has 0 N–H and O–H groups in total. The minimum absolute atomic E-state index is 0.0121. The zero-order chi connectivity index (χ0) is 14.4. The van der Waals surface area contributed by atoms with E-state index in [1.54, 1.807) is 24.1 Å². The van der Waals surface area contributed by atoms with Crippen molar-refractivity contribution in [2.75, 3.05) is 14.2 Å². The standard InChI is InChI=1S/C15H22FNO2/c1-5-6-11(2)15(18)17(3)10-12-7-8-14(19-4)13(16)9-12/h7-9,11H,5-6,10H2,1-4H3. The number of hydrogen-bond acceptors (Lipinski definition) is 2. The second-order valence-electron chi connectivity index (χ2n) is 4.85. The smallest absolute Gasteiger partial charge is 0.225 e. The molecular weight excluding hydrogens is 245 g/mol. The Morgan fingerprint density at radius 3 is 2.68 bits per heavy atom. The van der Waals surface area contributed by atoms with E-state index in [0.717, 1.165) is 18.4 Å². The van der Waals surface area contributed by atoms with Gasteiger partial charge in [-0.3, -0.25) is 4.79 Å². The van der Waals surface area contributed by atoms with Crippen molar-refractivity contribution in [3.05, 3.63) is 29.6 Å². The molecule has 0 aliphatic heterocycles. The van der Waals surface area contributed by atoms with Crippen LogP contribution in [0, 0.1) is 11.7 Å². The number of methoxy groups -OCH3 is 1. The highest BCUT2D eigenvalue weighted by atomic mass is 19.1. The summed E-state index contributed by atoms with van der Waals surface area (Å²) in [5.41, 5.74) is 0.762. The third-order valence-electron chi connectivity index (χ3n) is 3.16. The van der Waals surface area contributed by atoms with Crippen molar-refractivity contribution < 1.29 is 13.9 Å². The van der Waals surface area contributed by atoms with Gasteiger partial charge in [0.05, 0.1) is 7.11 Å². The van der Waals surface area contributed by atoms with Crippen LogP contribution in [0.2, 0.25) is 0 Å². The number of halogens is 1. The van der Waals surface area contributed by atoms with Crippen LogP contribution in [0.1, 0.15) is 32.3 Å². The molecule has 0 heterocycles. The summed E-state index contributed by atoms with van der Waals surface area (Å²) >= 11 is 0. The average Bonchev–Trinajstić information content (AvgIpc) is 2.38. The summed E-state index contributed by atoms with van der Waals surface area (Å²) in [6.07, 6.45) is 1.86. The van der Waals surface area contributed by atoms with Crippen LogP contribution in [0.5, 0.6) is 5.75 Å². The second-order valence-corrected chi connectivity index (χ2v) is 4.85. The molecule has 0 aliphatic carbocycles. The molecule has 1 aromatic rings. The number of amides is 1. The van der Waals surface area contributed by atoms with E-state index >= 15 is 0 Å². The van der Waals surface area contributed by atoms with Crippen molar-refractivity contribution in [1.82, 2.24) is 4.90 Å². The lowest BCUT2D eigenvalue weighted by Crippen LogP contribution is -2.31. The number of ether oxygens (including phenoxy) is 1. The number of carbonyl (C=O) groups excluding carboxylic acids is 1. The van der Waals surface area contributed by atoms with E-state index in [1.165, 1.54) is 13.2 Å². The topological polar surface area (TPSA) is 29.5 Å². The molecule has 4 heteroatoms. The van der Waals surface area contributed by atoms with Crippen molar-refractivity contribution in [1.29, 1.82) is 0 Å². The lowest BCUT2D eigenvalue weighted by atomic mass is 10.0. The maximum Gasteiger partial charge on any atom is 0.225 e. The van der Waals surface area contributed by atoms with Crippen molar-refractivity contribution in [3.63, 3.8) is 0 Å². The van der Waals surface area contributed by atoms with Gasteiger partial charge < -0.3 is 9.64 Å². The van der Waals surface area contributed by atoms with Crippen LogP contribution in [0.15, 0.2) is 18.2 Å². The molecule has 0 aliphatic rings. The van der Waals surface area contributed by atoms with E-state index in [2.05, 4.69) is 6.92 Å². The first-order valence-corrected chi connectivity index (χ1v) is 6.57. The van der Waals surface area contributed by atoms with Gasteiger partial charge in [-0.1, -0.05) is 26.3 Å². The Kier molecular flexibility index (Phi) is 5.80. The molecule has 0 fully saturated rings. The maximum atomic E-state index is 13.6. The van der Waals surface area contributed by atoms with Crippen LogP contribution in [0.3, 0.4) is 0 Å². The van der Waals surface area contributed by atoms with E-state index in [4.69, 9.17) is 4.74 Å². The fourth-order valence-corrected chi connectivity index (χ4v) is 2.09. The molecule has 19 heavy (non-hydrogen) atoms. The number of benzene rings is 1. The quantitative estimate of drug-likeness (QED) is 0.792. The Bertz CT molecular complexity index is 434. The van der Waals surface area contributed by atoms with Crippen LogP contribution < -0.4 is 4.74 Å². The highest BCUT2D eigenvalue weighted by molar-refractivity contribution is 5.78. The van der Waals surface area contributed by atoms with Crippen LogP contribution in [-0.2, 0) is 11.3 Å². The SMILES string of the molecule is CCCC(C)C(=O)N(C)Cc1ccc(OC)c(F)c1. The van der Waals surface area contributed by atoms with Gasteiger partial charge in [0, 0.05) is 19.5 Å². The highest BCUT2D eigenvalue weighted by Gasteiger charge is 2.17. The Hall–Kier alpha value is -1.58. The Balaban J connectivity index is 2.68. The van der Waals surface area contributed by atoms with Crippen LogP contribution >= 0.6 is 0 Å². The molecule has 0 saturated carbocycles. The minimum atomic E-state index is -0.401. The zero-order valence-electron chi connectivity index (χ0n) is 12.1. The first kappa shape index (κ1) is 15.5. The number of hydrogen-bond donors (Lipinski definition) is 0. The van der Waals surface area contributed by atoms with Gasteiger partial charge in [0.1, 0.15) is 0 Å². The molecule has 0 bridgehead atoms. The van der Waals surface area contributed by atoms with Gasteiger partial charge in [0.15, 0.2) is 11.6 Å². The van der Waals surface area contributed by atoms with Gasteiger partial charge in [-0.15, -0.1) is 0 Å². The lowest BCUT2D eigenvalue weighted by Gasteiger charge is -2.21. The third kappa shape index (κ3) is 4.23. The van der Waals surface area contributed by atoms with Gasteiger partial charge >= 0.3 is 0 Å². The number of nitrogens with zero attached hydrogens (tertiary/aromatic N) is 1. The first-order chi connectivity index (χ1) is 8.99. The van der Waals surface area contributed by atoms with Crippen molar-refractivity contribution in [3.8, 4) is 5.75 Å². The van der Waals surface area contributed by atoms with Crippen molar-refractivity contribution in [2.24, 2.45) is 5.92 Å². The van der Waals surface area contributed by atoms with E-state index < -0.39 is 5.82 Å². The molecular formula is C15H22FNO2. The highest BCUT2D eigenvalue weighted by Crippen LogP contribution is 2.19. The normalized spacial score (nSPS) is 12.1.